The van der Waals surface area contributed by atoms with Crippen LogP contribution in [0.4, 0.5) is 0 Å². The summed E-state index contributed by atoms with van der Waals surface area (Å²) in [6.07, 6.45) is 4.33. The SMILES string of the molecule is CC1CCC(CO)(NC(=O)C(C)S(C)(=O)=O)CC1. The first-order valence-electron chi connectivity index (χ1n) is 6.32. The van der Waals surface area contributed by atoms with Crippen molar-refractivity contribution in [3.8, 4) is 0 Å². The van der Waals surface area contributed by atoms with E-state index in [2.05, 4.69) is 12.2 Å². The normalized spacial score (nSPS) is 30.8. The van der Waals surface area contributed by atoms with Crippen molar-refractivity contribution in [1.82, 2.24) is 5.32 Å². The molecule has 1 unspecified atom stereocenters. The minimum Gasteiger partial charge on any atom is -0.394 e. The van der Waals surface area contributed by atoms with Gasteiger partial charge in [0.15, 0.2) is 9.84 Å². The molecule has 106 valence electrons. The molecule has 2 N–H and O–H groups in total. The zero-order valence-electron chi connectivity index (χ0n) is 11.3. The molecule has 0 spiro atoms. The van der Waals surface area contributed by atoms with Crippen LogP contribution in [0.25, 0.3) is 0 Å². The van der Waals surface area contributed by atoms with Crippen LogP contribution in [-0.2, 0) is 14.6 Å². The highest BCUT2D eigenvalue weighted by Gasteiger charge is 2.37. The number of aliphatic hydroxyl groups excluding tert-OH is 1. The zero-order valence-corrected chi connectivity index (χ0v) is 12.1. The molecule has 1 fully saturated rings. The molecule has 0 saturated heterocycles. The third-order valence-corrected chi connectivity index (χ3v) is 5.43. The second kappa shape index (κ2) is 5.57. The molecule has 18 heavy (non-hydrogen) atoms. The number of aliphatic hydroxyl groups is 1. The quantitative estimate of drug-likeness (QED) is 0.783. The Labute approximate surface area is 109 Å². The van der Waals surface area contributed by atoms with Crippen molar-refractivity contribution < 1.29 is 18.3 Å². The molecule has 0 aromatic carbocycles. The Balaban J connectivity index is 2.72. The van der Waals surface area contributed by atoms with Gasteiger partial charge in [-0.3, -0.25) is 4.79 Å². The number of hydrogen-bond donors (Lipinski definition) is 2. The van der Waals surface area contributed by atoms with Crippen molar-refractivity contribution in [2.24, 2.45) is 5.92 Å². The smallest absolute Gasteiger partial charge is 0.238 e. The predicted octanol–water partition coefficient (Wildman–Crippen LogP) is 0.477. The standard InChI is InChI=1S/C12H23NO4S/c1-9-4-6-12(8-14,7-5-9)13-11(15)10(2)18(3,16)17/h9-10,14H,4-8H2,1-3H3,(H,13,15). The fourth-order valence-electron chi connectivity index (χ4n) is 2.19. The Morgan fingerprint density at radius 3 is 2.33 bits per heavy atom. The van der Waals surface area contributed by atoms with Gasteiger partial charge in [0.2, 0.25) is 5.91 Å². The Kier molecular flexibility index (Phi) is 4.78. The van der Waals surface area contributed by atoms with Gasteiger partial charge in [-0.15, -0.1) is 0 Å². The van der Waals surface area contributed by atoms with Crippen molar-refractivity contribution in [1.29, 1.82) is 0 Å². The summed E-state index contributed by atoms with van der Waals surface area (Å²) in [5.74, 6) is 0.0787. The minimum atomic E-state index is -3.39. The summed E-state index contributed by atoms with van der Waals surface area (Å²) in [6, 6.07) is 0. The number of sulfone groups is 1. The molecule has 0 bridgehead atoms. The average molecular weight is 277 g/mol. The summed E-state index contributed by atoms with van der Waals surface area (Å²) in [5.41, 5.74) is -0.636. The molecule has 5 nitrogen and oxygen atoms in total. The fraction of sp³-hybridized carbons (Fsp3) is 0.917. The second-order valence-corrected chi connectivity index (χ2v) is 7.95. The number of rotatable bonds is 4. The van der Waals surface area contributed by atoms with Gasteiger partial charge in [0.05, 0.1) is 12.1 Å². The molecule has 0 aromatic heterocycles. The number of hydrogen-bond acceptors (Lipinski definition) is 4. The molecule has 0 radical (unpaired) electrons. The maximum atomic E-state index is 11.9. The maximum absolute atomic E-state index is 11.9. The number of amides is 1. The molecular weight excluding hydrogens is 254 g/mol. The lowest BCUT2D eigenvalue weighted by Gasteiger charge is -2.39. The van der Waals surface area contributed by atoms with E-state index >= 15 is 0 Å². The van der Waals surface area contributed by atoms with Crippen molar-refractivity contribution in [2.45, 2.75) is 50.3 Å². The van der Waals surface area contributed by atoms with Gasteiger partial charge in [-0.2, -0.15) is 0 Å². The van der Waals surface area contributed by atoms with Crippen LogP contribution in [0.5, 0.6) is 0 Å². The predicted molar refractivity (Wildman–Crippen MR) is 69.9 cm³/mol. The lowest BCUT2D eigenvalue weighted by atomic mass is 9.77. The summed E-state index contributed by atoms with van der Waals surface area (Å²) in [4.78, 5) is 11.9. The zero-order chi connectivity index (χ0) is 14.0. The highest BCUT2D eigenvalue weighted by atomic mass is 32.2. The van der Waals surface area contributed by atoms with Crippen molar-refractivity contribution in [3.63, 3.8) is 0 Å². The lowest BCUT2D eigenvalue weighted by molar-refractivity contribution is -0.123. The summed E-state index contributed by atoms with van der Waals surface area (Å²) < 4.78 is 22.7. The van der Waals surface area contributed by atoms with Gasteiger partial charge in [-0.25, -0.2) is 8.42 Å². The third kappa shape index (κ3) is 3.68. The van der Waals surface area contributed by atoms with Gasteiger partial charge < -0.3 is 10.4 Å². The second-order valence-electron chi connectivity index (χ2n) is 5.58. The largest absolute Gasteiger partial charge is 0.394 e. The molecule has 6 heteroatoms. The Morgan fingerprint density at radius 2 is 1.94 bits per heavy atom. The maximum Gasteiger partial charge on any atom is 0.238 e. The average Bonchev–Trinajstić information content (AvgIpc) is 2.30. The number of carbonyl (C=O) groups excluding carboxylic acids is 1. The monoisotopic (exact) mass is 277 g/mol. The highest BCUT2D eigenvalue weighted by molar-refractivity contribution is 7.92. The van der Waals surface area contributed by atoms with E-state index in [1.165, 1.54) is 6.92 Å². The molecule has 1 atom stereocenters. The third-order valence-electron chi connectivity index (χ3n) is 3.93. The van der Waals surface area contributed by atoms with E-state index in [0.29, 0.717) is 18.8 Å². The molecule has 0 aliphatic heterocycles. The first-order chi connectivity index (χ1) is 8.20. The molecular formula is C12H23NO4S. The van der Waals surface area contributed by atoms with Gasteiger partial charge >= 0.3 is 0 Å². The molecule has 1 aliphatic carbocycles. The summed E-state index contributed by atoms with van der Waals surface area (Å²) in [7, 11) is -3.39. The fourth-order valence-corrected chi connectivity index (χ4v) is 2.64. The number of carbonyl (C=O) groups is 1. The molecule has 1 amide bonds. The topological polar surface area (TPSA) is 83.5 Å². The van der Waals surface area contributed by atoms with E-state index in [0.717, 1.165) is 19.1 Å². The summed E-state index contributed by atoms with van der Waals surface area (Å²) in [5, 5.41) is 11.2. The van der Waals surface area contributed by atoms with Gasteiger partial charge in [0.25, 0.3) is 0 Å². The van der Waals surface area contributed by atoms with E-state index in [1.54, 1.807) is 0 Å². The number of nitrogens with one attached hydrogen (secondary N) is 1. The first-order valence-corrected chi connectivity index (χ1v) is 8.27. The van der Waals surface area contributed by atoms with Gasteiger partial charge in [0.1, 0.15) is 5.25 Å². The lowest BCUT2D eigenvalue weighted by Crippen LogP contribution is -2.56. The first kappa shape index (κ1) is 15.4. The van der Waals surface area contributed by atoms with Gasteiger partial charge in [-0.1, -0.05) is 6.92 Å². The summed E-state index contributed by atoms with van der Waals surface area (Å²) >= 11 is 0. The van der Waals surface area contributed by atoms with Crippen molar-refractivity contribution in [2.75, 3.05) is 12.9 Å². The van der Waals surface area contributed by atoms with E-state index in [4.69, 9.17) is 0 Å². The van der Waals surface area contributed by atoms with Crippen molar-refractivity contribution in [3.05, 3.63) is 0 Å². The van der Waals surface area contributed by atoms with Crippen LogP contribution in [0, 0.1) is 5.92 Å². The van der Waals surface area contributed by atoms with Crippen LogP contribution in [0.1, 0.15) is 39.5 Å². The van der Waals surface area contributed by atoms with Crippen LogP contribution in [0.3, 0.4) is 0 Å². The Morgan fingerprint density at radius 1 is 1.44 bits per heavy atom. The summed E-state index contributed by atoms with van der Waals surface area (Å²) in [6.45, 7) is 3.38. The van der Waals surface area contributed by atoms with Crippen LogP contribution in [0.2, 0.25) is 0 Å². The Bertz CT molecular complexity index is 396. The molecule has 1 rings (SSSR count). The molecule has 1 saturated carbocycles. The Hall–Kier alpha value is -0.620. The van der Waals surface area contributed by atoms with Gasteiger partial charge in [0, 0.05) is 6.26 Å². The van der Waals surface area contributed by atoms with E-state index in [9.17, 15) is 18.3 Å². The van der Waals surface area contributed by atoms with Crippen LogP contribution in [0.15, 0.2) is 0 Å². The highest BCUT2D eigenvalue weighted by Crippen LogP contribution is 2.31. The molecule has 1 aliphatic rings. The van der Waals surface area contributed by atoms with Crippen LogP contribution in [-0.4, -0.2) is 43.1 Å². The van der Waals surface area contributed by atoms with Crippen LogP contribution < -0.4 is 5.32 Å². The van der Waals surface area contributed by atoms with E-state index in [1.807, 2.05) is 0 Å². The van der Waals surface area contributed by atoms with Crippen LogP contribution >= 0.6 is 0 Å². The molecule has 0 heterocycles. The molecule has 0 aromatic rings. The van der Waals surface area contributed by atoms with E-state index < -0.39 is 26.5 Å². The minimum absolute atomic E-state index is 0.137. The van der Waals surface area contributed by atoms with Gasteiger partial charge in [-0.05, 0) is 38.5 Å². The van der Waals surface area contributed by atoms with Crippen molar-refractivity contribution >= 4 is 15.7 Å². The van der Waals surface area contributed by atoms with E-state index in [-0.39, 0.29) is 6.61 Å².